The normalized spacial score (nSPS) is 19.1. The first kappa shape index (κ1) is 14.3. The number of benzene rings is 1. The van der Waals surface area contributed by atoms with Crippen molar-refractivity contribution < 1.29 is 9.59 Å². The number of halogens is 2. The Bertz CT molecular complexity index is 521. The van der Waals surface area contributed by atoms with Gasteiger partial charge in [0.2, 0.25) is 5.91 Å². The third kappa shape index (κ3) is 3.09. The zero-order valence-corrected chi connectivity index (χ0v) is 12.8. The molecule has 0 aromatic heterocycles. The van der Waals surface area contributed by atoms with Crippen LogP contribution in [0.25, 0.3) is 0 Å². The fourth-order valence-corrected chi connectivity index (χ4v) is 2.85. The average molecular weight is 346 g/mol. The van der Waals surface area contributed by atoms with E-state index in [9.17, 15) is 9.59 Å². The zero-order chi connectivity index (χ0) is 14.0. The molecule has 4 nitrogen and oxygen atoms in total. The van der Waals surface area contributed by atoms with Crippen LogP contribution in [0.3, 0.4) is 0 Å². The third-order valence-corrected chi connectivity index (χ3v) is 3.84. The summed E-state index contributed by atoms with van der Waals surface area (Å²) in [7, 11) is 0. The van der Waals surface area contributed by atoms with Crippen LogP contribution in [0.5, 0.6) is 0 Å². The van der Waals surface area contributed by atoms with Crippen molar-refractivity contribution in [2.45, 2.75) is 25.8 Å². The van der Waals surface area contributed by atoms with Gasteiger partial charge in [-0.3, -0.25) is 14.5 Å². The SMILES string of the molecule is CCCN1C(=O)CC(Nc2ccc(Cl)cc2Br)C1=O. The summed E-state index contributed by atoms with van der Waals surface area (Å²) in [5.74, 6) is -0.275. The van der Waals surface area contributed by atoms with Crippen LogP contribution in [0.1, 0.15) is 19.8 Å². The van der Waals surface area contributed by atoms with Gasteiger partial charge in [-0.15, -0.1) is 0 Å². The number of likely N-dealkylation sites (tertiary alicyclic amines) is 1. The fourth-order valence-electron chi connectivity index (χ4n) is 2.05. The van der Waals surface area contributed by atoms with Crippen molar-refractivity contribution in [3.8, 4) is 0 Å². The van der Waals surface area contributed by atoms with Gasteiger partial charge in [0.05, 0.1) is 6.42 Å². The number of carbonyl (C=O) groups excluding carboxylic acids is 2. The maximum atomic E-state index is 12.1. The van der Waals surface area contributed by atoms with Crippen molar-refractivity contribution in [1.29, 1.82) is 0 Å². The molecule has 1 aromatic carbocycles. The molecule has 0 bridgehead atoms. The van der Waals surface area contributed by atoms with Crippen LogP contribution in [-0.4, -0.2) is 29.3 Å². The van der Waals surface area contributed by atoms with Crippen molar-refractivity contribution in [1.82, 2.24) is 4.90 Å². The van der Waals surface area contributed by atoms with Crippen molar-refractivity contribution in [2.24, 2.45) is 0 Å². The monoisotopic (exact) mass is 344 g/mol. The van der Waals surface area contributed by atoms with Crippen LogP contribution in [0.4, 0.5) is 5.69 Å². The van der Waals surface area contributed by atoms with Gasteiger partial charge in [0.1, 0.15) is 6.04 Å². The predicted octanol–water partition coefficient (Wildman–Crippen LogP) is 3.05. The number of imide groups is 1. The summed E-state index contributed by atoms with van der Waals surface area (Å²) in [6, 6.07) is 4.78. The molecule has 1 fully saturated rings. The number of nitrogens with zero attached hydrogens (tertiary/aromatic N) is 1. The summed E-state index contributed by atoms with van der Waals surface area (Å²) in [5, 5.41) is 3.70. The Morgan fingerprint density at radius 2 is 2.21 bits per heavy atom. The molecule has 1 heterocycles. The van der Waals surface area contributed by atoms with E-state index in [-0.39, 0.29) is 18.2 Å². The lowest BCUT2D eigenvalue weighted by molar-refractivity contribution is -0.138. The minimum Gasteiger partial charge on any atom is -0.372 e. The molecule has 1 unspecified atom stereocenters. The molecule has 1 saturated heterocycles. The second-order valence-electron chi connectivity index (χ2n) is 4.41. The largest absolute Gasteiger partial charge is 0.372 e. The molecule has 1 aromatic rings. The van der Waals surface area contributed by atoms with Gasteiger partial charge in [0, 0.05) is 21.7 Å². The second-order valence-corrected chi connectivity index (χ2v) is 5.70. The number of amides is 2. The number of carbonyl (C=O) groups is 2. The zero-order valence-electron chi connectivity index (χ0n) is 10.5. The minimum absolute atomic E-state index is 0.116. The molecule has 0 aliphatic carbocycles. The lowest BCUT2D eigenvalue weighted by atomic mass is 10.2. The first-order chi connectivity index (χ1) is 9.02. The summed E-state index contributed by atoms with van der Waals surface area (Å²) in [6.45, 7) is 2.43. The van der Waals surface area contributed by atoms with Gasteiger partial charge < -0.3 is 5.32 Å². The molecule has 1 aliphatic rings. The molecular weight excluding hydrogens is 332 g/mol. The fraction of sp³-hybridized carbons (Fsp3) is 0.385. The Kier molecular flexibility index (Phi) is 4.47. The van der Waals surface area contributed by atoms with Crippen LogP contribution in [0.2, 0.25) is 5.02 Å². The maximum absolute atomic E-state index is 12.1. The Morgan fingerprint density at radius 3 is 2.84 bits per heavy atom. The molecule has 2 amide bonds. The van der Waals surface area contributed by atoms with E-state index in [4.69, 9.17) is 11.6 Å². The third-order valence-electron chi connectivity index (χ3n) is 2.95. The van der Waals surface area contributed by atoms with Crippen LogP contribution >= 0.6 is 27.5 Å². The molecule has 1 atom stereocenters. The Morgan fingerprint density at radius 1 is 1.47 bits per heavy atom. The molecule has 2 rings (SSSR count). The van der Waals surface area contributed by atoms with Crippen molar-refractivity contribution in [3.63, 3.8) is 0 Å². The van der Waals surface area contributed by atoms with Crippen LogP contribution in [-0.2, 0) is 9.59 Å². The number of hydrogen-bond acceptors (Lipinski definition) is 3. The van der Waals surface area contributed by atoms with Gasteiger partial charge in [0.15, 0.2) is 0 Å². The van der Waals surface area contributed by atoms with E-state index in [0.717, 1.165) is 16.6 Å². The summed E-state index contributed by atoms with van der Waals surface area (Å²) in [6.07, 6.45) is 0.975. The highest BCUT2D eigenvalue weighted by molar-refractivity contribution is 9.10. The topological polar surface area (TPSA) is 49.4 Å². The maximum Gasteiger partial charge on any atom is 0.252 e. The van der Waals surface area contributed by atoms with Gasteiger partial charge in [-0.05, 0) is 40.5 Å². The average Bonchev–Trinajstić information content (AvgIpc) is 2.61. The first-order valence-corrected chi connectivity index (χ1v) is 7.25. The van der Waals surface area contributed by atoms with E-state index < -0.39 is 6.04 Å². The molecule has 0 spiro atoms. The Labute approximate surface area is 125 Å². The van der Waals surface area contributed by atoms with E-state index in [1.54, 1.807) is 18.2 Å². The van der Waals surface area contributed by atoms with Crippen molar-refractivity contribution in [2.75, 3.05) is 11.9 Å². The standard InChI is InChI=1S/C13H14BrClN2O2/c1-2-5-17-12(18)7-11(13(17)19)16-10-4-3-8(15)6-9(10)14/h3-4,6,11,16H,2,5,7H2,1H3. The van der Waals surface area contributed by atoms with Gasteiger partial charge in [0.25, 0.3) is 5.91 Å². The number of nitrogens with one attached hydrogen (secondary N) is 1. The van der Waals surface area contributed by atoms with E-state index in [0.29, 0.717) is 11.6 Å². The minimum atomic E-state index is -0.489. The highest BCUT2D eigenvalue weighted by atomic mass is 79.9. The number of anilines is 1. The van der Waals surface area contributed by atoms with Crippen molar-refractivity contribution >= 4 is 45.0 Å². The van der Waals surface area contributed by atoms with Gasteiger partial charge in [-0.25, -0.2) is 0 Å². The van der Waals surface area contributed by atoms with E-state index >= 15 is 0 Å². The van der Waals surface area contributed by atoms with Gasteiger partial charge in [-0.1, -0.05) is 18.5 Å². The smallest absolute Gasteiger partial charge is 0.252 e. The number of rotatable bonds is 4. The molecule has 1 N–H and O–H groups in total. The van der Waals surface area contributed by atoms with Crippen LogP contribution < -0.4 is 5.32 Å². The second kappa shape index (κ2) is 5.92. The Hall–Kier alpha value is -1.07. The lowest BCUT2D eigenvalue weighted by Crippen LogP contribution is -2.35. The number of hydrogen-bond donors (Lipinski definition) is 1. The molecule has 0 radical (unpaired) electrons. The highest BCUT2D eigenvalue weighted by Crippen LogP contribution is 2.28. The van der Waals surface area contributed by atoms with Gasteiger partial charge >= 0.3 is 0 Å². The Balaban J connectivity index is 2.12. The first-order valence-electron chi connectivity index (χ1n) is 6.08. The summed E-state index contributed by atoms with van der Waals surface area (Å²) < 4.78 is 0.772. The van der Waals surface area contributed by atoms with E-state index in [1.807, 2.05) is 6.92 Å². The van der Waals surface area contributed by atoms with Crippen molar-refractivity contribution in [3.05, 3.63) is 27.7 Å². The predicted molar refractivity (Wildman–Crippen MR) is 78.2 cm³/mol. The highest BCUT2D eigenvalue weighted by Gasteiger charge is 2.38. The summed E-state index contributed by atoms with van der Waals surface area (Å²) in [4.78, 5) is 25.2. The lowest BCUT2D eigenvalue weighted by Gasteiger charge is -2.16. The molecule has 0 saturated carbocycles. The molecule has 102 valence electrons. The molecule has 19 heavy (non-hydrogen) atoms. The van der Waals surface area contributed by atoms with Crippen LogP contribution in [0, 0.1) is 0 Å². The summed E-state index contributed by atoms with van der Waals surface area (Å²) >= 11 is 9.24. The molecular formula is C13H14BrClN2O2. The molecule has 6 heteroatoms. The summed E-state index contributed by atoms with van der Waals surface area (Å²) in [5.41, 5.74) is 0.758. The van der Waals surface area contributed by atoms with E-state index in [2.05, 4.69) is 21.2 Å². The molecule has 1 aliphatic heterocycles. The van der Waals surface area contributed by atoms with E-state index in [1.165, 1.54) is 4.90 Å². The van der Waals surface area contributed by atoms with Gasteiger partial charge in [-0.2, -0.15) is 0 Å². The van der Waals surface area contributed by atoms with Crippen LogP contribution in [0.15, 0.2) is 22.7 Å². The quantitative estimate of drug-likeness (QED) is 0.853.